The molecule has 9 heteroatoms. The van der Waals surface area contributed by atoms with E-state index in [1.807, 2.05) is 0 Å². The van der Waals surface area contributed by atoms with Crippen molar-refractivity contribution >= 4 is 11.2 Å². The monoisotopic (exact) mass is 294 g/mol. The summed E-state index contributed by atoms with van der Waals surface area (Å²) >= 11 is 0. The molecule has 0 radical (unpaired) electrons. The SMILES string of the molecule is O=c1[nH]cnc2c1ncn2[C@@H]1O[C@@]2(CO)COC[C@@H]1[C@@H]2O. The lowest BCUT2D eigenvalue weighted by Crippen LogP contribution is -2.52. The van der Waals surface area contributed by atoms with Gasteiger partial charge in [-0.15, -0.1) is 0 Å². The van der Waals surface area contributed by atoms with E-state index in [4.69, 9.17) is 9.47 Å². The molecule has 0 amide bonds. The third-order valence-electron chi connectivity index (χ3n) is 4.23. The zero-order valence-corrected chi connectivity index (χ0v) is 11.0. The van der Waals surface area contributed by atoms with Crippen molar-refractivity contribution in [3.05, 3.63) is 23.0 Å². The maximum Gasteiger partial charge on any atom is 0.278 e. The van der Waals surface area contributed by atoms with Gasteiger partial charge in [0.25, 0.3) is 5.56 Å². The Morgan fingerprint density at radius 3 is 3.14 bits per heavy atom. The number of rotatable bonds is 2. The average Bonchev–Trinajstić information content (AvgIpc) is 2.96. The minimum atomic E-state index is -1.13. The van der Waals surface area contributed by atoms with Gasteiger partial charge in [-0.25, -0.2) is 9.97 Å². The Bertz CT molecular complexity index is 743. The molecule has 2 fully saturated rings. The maximum absolute atomic E-state index is 11.7. The number of fused-ring (bicyclic) bond motifs is 3. The lowest BCUT2D eigenvalue weighted by molar-refractivity contribution is -0.163. The third kappa shape index (κ3) is 1.62. The quantitative estimate of drug-likeness (QED) is 0.608. The van der Waals surface area contributed by atoms with Crippen molar-refractivity contribution in [3.63, 3.8) is 0 Å². The molecule has 4 heterocycles. The van der Waals surface area contributed by atoms with E-state index < -0.39 is 17.9 Å². The topological polar surface area (TPSA) is 122 Å². The van der Waals surface area contributed by atoms with E-state index in [9.17, 15) is 15.0 Å². The highest BCUT2D eigenvalue weighted by atomic mass is 16.6. The second-order valence-corrected chi connectivity index (χ2v) is 5.41. The fourth-order valence-corrected chi connectivity index (χ4v) is 3.09. The van der Waals surface area contributed by atoms with Crippen molar-refractivity contribution < 1.29 is 19.7 Å². The molecule has 2 aromatic heterocycles. The van der Waals surface area contributed by atoms with Crippen LogP contribution in [0, 0.1) is 5.92 Å². The molecule has 0 unspecified atom stereocenters. The zero-order valence-electron chi connectivity index (χ0n) is 11.0. The second-order valence-electron chi connectivity index (χ2n) is 5.41. The molecule has 2 aromatic rings. The van der Waals surface area contributed by atoms with Crippen LogP contribution in [0.1, 0.15) is 6.23 Å². The molecule has 112 valence electrons. The first-order chi connectivity index (χ1) is 10.2. The summed E-state index contributed by atoms with van der Waals surface area (Å²) in [6.07, 6.45) is 1.31. The summed E-state index contributed by atoms with van der Waals surface area (Å²) in [5.41, 5.74) is -0.897. The van der Waals surface area contributed by atoms with Crippen LogP contribution in [-0.4, -0.2) is 61.3 Å². The van der Waals surface area contributed by atoms with Gasteiger partial charge in [-0.3, -0.25) is 9.36 Å². The van der Waals surface area contributed by atoms with Gasteiger partial charge in [-0.2, -0.15) is 0 Å². The minimum Gasteiger partial charge on any atom is -0.393 e. The number of aliphatic hydroxyl groups excluding tert-OH is 2. The number of aliphatic hydroxyl groups is 2. The summed E-state index contributed by atoms with van der Waals surface area (Å²) in [6, 6.07) is 0. The Balaban J connectivity index is 1.83. The van der Waals surface area contributed by atoms with Gasteiger partial charge in [0.2, 0.25) is 0 Å². The molecule has 21 heavy (non-hydrogen) atoms. The van der Waals surface area contributed by atoms with Crippen molar-refractivity contribution in [2.45, 2.75) is 17.9 Å². The number of hydrogen-bond acceptors (Lipinski definition) is 7. The van der Waals surface area contributed by atoms with Crippen LogP contribution < -0.4 is 5.56 Å². The molecule has 0 spiro atoms. The Morgan fingerprint density at radius 2 is 2.38 bits per heavy atom. The van der Waals surface area contributed by atoms with Crippen LogP contribution >= 0.6 is 0 Å². The van der Waals surface area contributed by atoms with E-state index in [-0.39, 0.29) is 30.2 Å². The van der Waals surface area contributed by atoms with Gasteiger partial charge in [-0.05, 0) is 0 Å². The smallest absolute Gasteiger partial charge is 0.278 e. The average molecular weight is 294 g/mol. The van der Waals surface area contributed by atoms with E-state index in [1.54, 1.807) is 4.57 Å². The van der Waals surface area contributed by atoms with Crippen LogP contribution in [0.25, 0.3) is 11.2 Å². The van der Waals surface area contributed by atoms with E-state index in [1.165, 1.54) is 12.7 Å². The first-order valence-corrected chi connectivity index (χ1v) is 6.61. The van der Waals surface area contributed by atoms with E-state index in [2.05, 4.69) is 15.0 Å². The number of aromatic nitrogens is 4. The van der Waals surface area contributed by atoms with Gasteiger partial charge in [-0.1, -0.05) is 0 Å². The number of imidazole rings is 1. The molecule has 3 N–H and O–H groups in total. The third-order valence-corrected chi connectivity index (χ3v) is 4.23. The lowest BCUT2D eigenvalue weighted by Gasteiger charge is -2.33. The van der Waals surface area contributed by atoms with Crippen LogP contribution in [0.2, 0.25) is 0 Å². The second kappa shape index (κ2) is 4.34. The minimum absolute atomic E-state index is 0.123. The predicted octanol–water partition coefficient (Wildman–Crippen LogP) is -1.61. The molecule has 2 aliphatic heterocycles. The summed E-state index contributed by atoms with van der Waals surface area (Å²) in [7, 11) is 0. The molecule has 4 rings (SSSR count). The van der Waals surface area contributed by atoms with Crippen LogP contribution in [0.15, 0.2) is 17.4 Å². The molecule has 0 saturated carbocycles. The fraction of sp³-hybridized carbons (Fsp3) is 0.583. The van der Waals surface area contributed by atoms with Gasteiger partial charge >= 0.3 is 0 Å². The summed E-state index contributed by atoms with van der Waals surface area (Å²) in [6.45, 7) is 0.0799. The molecule has 2 bridgehead atoms. The Hall–Kier alpha value is -1.81. The van der Waals surface area contributed by atoms with Crippen LogP contribution in [0.3, 0.4) is 0 Å². The van der Waals surface area contributed by atoms with Gasteiger partial charge in [0.15, 0.2) is 11.2 Å². The van der Waals surface area contributed by atoms with Gasteiger partial charge in [0.05, 0.1) is 44.5 Å². The zero-order chi connectivity index (χ0) is 14.6. The predicted molar refractivity (Wildman–Crippen MR) is 68.4 cm³/mol. The molecule has 9 nitrogen and oxygen atoms in total. The number of hydrogen-bond donors (Lipinski definition) is 3. The number of aromatic amines is 1. The van der Waals surface area contributed by atoms with E-state index in [0.717, 1.165) is 0 Å². The summed E-state index contributed by atoms with van der Waals surface area (Å²) in [5.74, 6) is -0.357. The number of H-pyrrole nitrogens is 1. The Morgan fingerprint density at radius 1 is 1.52 bits per heavy atom. The van der Waals surface area contributed by atoms with E-state index in [0.29, 0.717) is 12.3 Å². The highest BCUT2D eigenvalue weighted by Crippen LogP contribution is 2.45. The van der Waals surface area contributed by atoms with Gasteiger partial charge in [0, 0.05) is 0 Å². The van der Waals surface area contributed by atoms with E-state index >= 15 is 0 Å². The number of nitrogens with one attached hydrogen (secondary N) is 1. The van der Waals surface area contributed by atoms with Gasteiger partial charge < -0.3 is 24.7 Å². The Kier molecular flexibility index (Phi) is 2.67. The molecular weight excluding hydrogens is 280 g/mol. The Labute approximate surface area is 118 Å². The van der Waals surface area contributed by atoms with Crippen molar-refractivity contribution in [2.24, 2.45) is 5.92 Å². The molecular formula is C12H14N4O5. The highest BCUT2D eigenvalue weighted by molar-refractivity contribution is 5.68. The number of nitrogens with zero attached hydrogens (tertiary/aromatic N) is 3. The van der Waals surface area contributed by atoms with Gasteiger partial charge in [0.1, 0.15) is 11.8 Å². The molecule has 4 atom stereocenters. The largest absolute Gasteiger partial charge is 0.393 e. The summed E-state index contributed by atoms with van der Waals surface area (Å²) in [4.78, 5) is 22.3. The molecule has 0 aliphatic carbocycles. The summed E-state index contributed by atoms with van der Waals surface area (Å²) < 4.78 is 12.9. The van der Waals surface area contributed by atoms with Crippen LogP contribution in [0.5, 0.6) is 0 Å². The normalized spacial score (nSPS) is 35.4. The molecule has 2 aliphatic rings. The molecule has 2 saturated heterocycles. The number of ether oxygens (including phenoxy) is 2. The van der Waals surface area contributed by atoms with Crippen LogP contribution in [0.4, 0.5) is 0 Å². The van der Waals surface area contributed by atoms with Crippen molar-refractivity contribution in [2.75, 3.05) is 19.8 Å². The highest BCUT2D eigenvalue weighted by Gasteiger charge is 2.58. The first kappa shape index (κ1) is 12.9. The molecule has 0 aromatic carbocycles. The van der Waals surface area contributed by atoms with Crippen molar-refractivity contribution in [1.29, 1.82) is 0 Å². The van der Waals surface area contributed by atoms with Crippen molar-refractivity contribution in [1.82, 2.24) is 19.5 Å². The standard InChI is InChI=1S/C12H14N4O5/c17-2-12-3-20-1-6(8(12)18)11(21-12)16-5-15-7-9(16)13-4-14-10(7)19/h4-6,8,11,17-18H,1-3H2,(H,13,14,19)/t6-,8+,11-,12+/m1/s1. The fourth-order valence-electron chi connectivity index (χ4n) is 3.09. The summed E-state index contributed by atoms with van der Waals surface area (Å²) in [5, 5.41) is 19.9. The lowest BCUT2D eigenvalue weighted by atomic mass is 9.89. The maximum atomic E-state index is 11.7. The van der Waals surface area contributed by atoms with Crippen LogP contribution in [-0.2, 0) is 9.47 Å². The first-order valence-electron chi connectivity index (χ1n) is 6.61. The van der Waals surface area contributed by atoms with Crippen molar-refractivity contribution in [3.8, 4) is 0 Å².